The van der Waals surface area contributed by atoms with E-state index < -0.39 is 6.61 Å². The van der Waals surface area contributed by atoms with Gasteiger partial charge in [0.05, 0.1) is 0 Å². The van der Waals surface area contributed by atoms with Crippen LogP contribution in [0, 0.1) is 6.92 Å². The van der Waals surface area contributed by atoms with Crippen molar-refractivity contribution < 1.29 is 13.5 Å². The molecule has 1 unspecified atom stereocenters. The molecular weight excluding hydrogens is 274 g/mol. The topological polar surface area (TPSA) is 34.2 Å². The van der Waals surface area contributed by atoms with Gasteiger partial charge in [0.2, 0.25) is 0 Å². The second-order valence-corrected chi connectivity index (χ2v) is 4.86. The summed E-state index contributed by atoms with van der Waals surface area (Å²) in [6, 6.07) is 8.71. The Balaban J connectivity index is 2.00. The standard InChI is InChI=1S/C16H18F2N2O/c1-11-6-7-19-9-14(11)10-20-12(2)13-4-3-5-15(8-13)21-16(17)18/h3-9,12,16,20H,10H2,1-2H3. The van der Waals surface area contributed by atoms with E-state index in [1.807, 2.05) is 32.2 Å². The molecule has 1 aromatic carbocycles. The molecule has 0 radical (unpaired) electrons. The van der Waals surface area contributed by atoms with Gasteiger partial charge in [0.15, 0.2) is 0 Å². The molecule has 1 N–H and O–H groups in total. The maximum absolute atomic E-state index is 12.2. The van der Waals surface area contributed by atoms with E-state index in [4.69, 9.17) is 0 Å². The number of hydrogen-bond donors (Lipinski definition) is 1. The molecule has 21 heavy (non-hydrogen) atoms. The Labute approximate surface area is 123 Å². The average molecular weight is 292 g/mol. The van der Waals surface area contributed by atoms with Crippen LogP contribution in [-0.4, -0.2) is 11.6 Å². The van der Waals surface area contributed by atoms with Crippen molar-refractivity contribution in [3.8, 4) is 5.75 Å². The monoisotopic (exact) mass is 292 g/mol. The third kappa shape index (κ3) is 4.49. The van der Waals surface area contributed by atoms with Gasteiger partial charge in [-0.3, -0.25) is 4.98 Å². The van der Waals surface area contributed by atoms with Crippen molar-refractivity contribution in [2.24, 2.45) is 0 Å². The average Bonchev–Trinajstić information content (AvgIpc) is 2.45. The first-order chi connectivity index (χ1) is 10.1. The van der Waals surface area contributed by atoms with Crippen molar-refractivity contribution in [2.45, 2.75) is 33.0 Å². The highest BCUT2D eigenvalue weighted by atomic mass is 19.3. The van der Waals surface area contributed by atoms with E-state index in [1.54, 1.807) is 18.3 Å². The molecule has 0 amide bonds. The number of aryl methyl sites for hydroxylation is 1. The zero-order valence-electron chi connectivity index (χ0n) is 12.0. The number of hydrogen-bond acceptors (Lipinski definition) is 3. The molecule has 5 heteroatoms. The predicted octanol–water partition coefficient (Wildman–Crippen LogP) is 3.84. The van der Waals surface area contributed by atoms with Crippen LogP contribution in [0.25, 0.3) is 0 Å². The van der Waals surface area contributed by atoms with Crippen molar-refractivity contribution in [3.05, 3.63) is 59.4 Å². The van der Waals surface area contributed by atoms with Crippen molar-refractivity contribution >= 4 is 0 Å². The molecule has 2 rings (SSSR count). The number of rotatable bonds is 6. The molecular formula is C16H18F2N2O. The molecule has 0 saturated carbocycles. The van der Waals surface area contributed by atoms with Crippen LogP contribution in [-0.2, 0) is 6.54 Å². The normalized spacial score (nSPS) is 12.4. The zero-order valence-corrected chi connectivity index (χ0v) is 12.0. The van der Waals surface area contributed by atoms with Gasteiger partial charge in [-0.2, -0.15) is 8.78 Å². The Morgan fingerprint density at radius 2 is 2.10 bits per heavy atom. The predicted molar refractivity (Wildman–Crippen MR) is 77.3 cm³/mol. The molecule has 0 spiro atoms. The molecule has 1 aromatic heterocycles. The highest BCUT2D eigenvalue weighted by Crippen LogP contribution is 2.21. The summed E-state index contributed by atoms with van der Waals surface area (Å²) >= 11 is 0. The Morgan fingerprint density at radius 1 is 1.29 bits per heavy atom. The highest BCUT2D eigenvalue weighted by molar-refractivity contribution is 5.30. The summed E-state index contributed by atoms with van der Waals surface area (Å²) in [5, 5.41) is 3.35. The van der Waals surface area contributed by atoms with E-state index in [9.17, 15) is 8.78 Å². The number of halogens is 2. The number of ether oxygens (including phenoxy) is 1. The van der Waals surface area contributed by atoms with Gasteiger partial charge in [-0.15, -0.1) is 0 Å². The van der Waals surface area contributed by atoms with Gasteiger partial charge in [-0.05, 0) is 48.7 Å². The number of pyridine rings is 1. The molecule has 3 nitrogen and oxygen atoms in total. The van der Waals surface area contributed by atoms with E-state index in [-0.39, 0.29) is 11.8 Å². The van der Waals surface area contributed by atoms with E-state index in [1.165, 1.54) is 11.6 Å². The van der Waals surface area contributed by atoms with Crippen molar-refractivity contribution in [1.82, 2.24) is 10.3 Å². The van der Waals surface area contributed by atoms with Gasteiger partial charge in [-0.1, -0.05) is 12.1 Å². The molecule has 112 valence electrons. The van der Waals surface area contributed by atoms with Crippen LogP contribution in [0.2, 0.25) is 0 Å². The lowest BCUT2D eigenvalue weighted by Gasteiger charge is -2.16. The lowest BCUT2D eigenvalue weighted by molar-refractivity contribution is -0.0499. The van der Waals surface area contributed by atoms with Crippen LogP contribution in [0.4, 0.5) is 8.78 Å². The third-order valence-corrected chi connectivity index (χ3v) is 3.33. The van der Waals surface area contributed by atoms with Crippen molar-refractivity contribution in [3.63, 3.8) is 0 Å². The van der Waals surface area contributed by atoms with Gasteiger partial charge in [0, 0.05) is 25.0 Å². The summed E-state index contributed by atoms with van der Waals surface area (Å²) in [5.41, 5.74) is 3.18. The second kappa shape index (κ2) is 7.13. The van der Waals surface area contributed by atoms with Crippen molar-refractivity contribution in [1.29, 1.82) is 0 Å². The molecule has 0 aliphatic carbocycles. The lowest BCUT2D eigenvalue weighted by atomic mass is 10.1. The molecule has 0 fully saturated rings. The quantitative estimate of drug-likeness (QED) is 0.878. The van der Waals surface area contributed by atoms with Crippen LogP contribution in [0.15, 0.2) is 42.7 Å². The van der Waals surface area contributed by atoms with Gasteiger partial charge >= 0.3 is 6.61 Å². The first kappa shape index (κ1) is 15.4. The molecule has 2 aromatic rings. The minimum absolute atomic E-state index is 0.0193. The molecule has 0 saturated heterocycles. The summed E-state index contributed by atoms with van der Waals surface area (Å²) in [6.07, 6.45) is 3.58. The van der Waals surface area contributed by atoms with Crippen LogP contribution in [0.3, 0.4) is 0 Å². The summed E-state index contributed by atoms with van der Waals surface area (Å²) < 4.78 is 28.9. The van der Waals surface area contributed by atoms with E-state index in [0.717, 1.165) is 11.1 Å². The molecule has 1 atom stereocenters. The maximum atomic E-state index is 12.2. The number of nitrogens with zero attached hydrogens (tertiary/aromatic N) is 1. The third-order valence-electron chi connectivity index (χ3n) is 3.33. The fraction of sp³-hybridized carbons (Fsp3) is 0.312. The minimum atomic E-state index is -2.80. The second-order valence-electron chi connectivity index (χ2n) is 4.86. The van der Waals surface area contributed by atoms with Crippen LogP contribution < -0.4 is 10.1 Å². The fourth-order valence-electron chi connectivity index (χ4n) is 2.02. The smallest absolute Gasteiger partial charge is 0.387 e. The number of aromatic nitrogens is 1. The van der Waals surface area contributed by atoms with Gasteiger partial charge in [-0.25, -0.2) is 0 Å². The van der Waals surface area contributed by atoms with Crippen LogP contribution in [0.1, 0.15) is 29.7 Å². The van der Waals surface area contributed by atoms with E-state index in [0.29, 0.717) is 6.54 Å². The number of alkyl halides is 2. The van der Waals surface area contributed by atoms with Crippen LogP contribution in [0.5, 0.6) is 5.75 Å². The number of nitrogens with one attached hydrogen (secondary N) is 1. The van der Waals surface area contributed by atoms with Gasteiger partial charge in [0.1, 0.15) is 5.75 Å². The van der Waals surface area contributed by atoms with E-state index in [2.05, 4.69) is 15.0 Å². The fourth-order valence-corrected chi connectivity index (χ4v) is 2.02. The lowest BCUT2D eigenvalue weighted by Crippen LogP contribution is -2.18. The minimum Gasteiger partial charge on any atom is -0.435 e. The zero-order chi connectivity index (χ0) is 15.2. The molecule has 0 bridgehead atoms. The molecule has 1 heterocycles. The Kier molecular flexibility index (Phi) is 5.22. The Hall–Kier alpha value is -2.01. The Bertz CT molecular complexity index is 590. The number of benzene rings is 1. The summed E-state index contributed by atoms with van der Waals surface area (Å²) in [4.78, 5) is 4.10. The van der Waals surface area contributed by atoms with Crippen LogP contribution >= 0.6 is 0 Å². The SMILES string of the molecule is Cc1ccncc1CNC(C)c1cccc(OC(F)F)c1. The molecule has 0 aliphatic rings. The summed E-state index contributed by atoms with van der Waals surface area (Å²) in [6.45, 7) is 1.87. The van der Waals surface area contributed by atoms with E-state index >= 15 is 0 Å². The van der Waals surface area contributed by atoms with Crippen molar-refractivity contribution in [2.75, 3.05) is 0 Å². The Morgan fingerprint density at radius 3 is 2.81 bits per heavy atom. The first-order valence-electron chi connectivity index (χ1n) is 6.74. The van der Waals surface area contributed by atoms with Gasteiger partial charge < -0.3 is 10.1 Å². The summed E-state index contributed by atoms with van der Waals surface area (Å²) in [5.74, 6) is 0.175. The van der Waals surface area contributed by atoms with Gasteiger partial charge in [0.25, 0.3) is 0 Å². The highest BCUT2D eigenvalue weighted by Gasteiger charge is 2.09. The summed E-state index contributed by atoms with van der Waals surface area (Å²) in [7, 11) is 0. The first-order valence-corrected chi connectivity index (χ1v) is 6.74. The largest absolute Gasteiger partial charge is 0.435 e. The maximum Gasteiger partial charge on any atom is 0.387 e. The molecule has 0 aliphatic heterocycles.